The summed E-state index contributed by atoms with van der Waals surface area (Å²) in [5, 5.41) is 15.6. The highest BCUT2D eigenvalue weighted by Crippen LogP contribution is 2.29. The molecule has 0 unspecified atom stereocenters. The molecular weight excluding hydrogens is 548 g/mol. The molecule has 1 N–H and O–H groups in total. The van der Waals surface area contributed by atoms with E-state index in [0.29, 0.717) is 42.3 Å². The van der Waals surface area contributed by atoms with E-state index in [0.717, 1.165) is 11.3 Å². The molecule has 11 heteroatoms. The van der Waals surface area contributed by atoms with Crippen LogP contribution in [-0.2, 0) is 4.79 Å². The molecular formula is C24H17Cl4N5OS. The number of halogens is 4. The van der Waals surface area contributed by atoms with Crippen molar-refractivity contribution in [1.82, 2.24) is 20.2 Å². The third-order valence-corrected chi connectivity index (χ3v) is 6.80. The average molecular weight is 565 g/mol. The summed E-state index contributed by atoms with van der Waals surface area (Å²) in [6.45, 7) is 1.75. The molecule has 1 aromatic heterocycles. The summed E-state index contributed by atoms with van der Waals surface area (Å²) in [5.41, 5.74) is 5.42. The van der Waals surface area contributed by atoms with E-state index in [2.05, 4.69) is 20.7 Å². The van der Waals surface area contributed by atoms with E-state index >= 15 is 0 Å². The Labute approximate surface area is 226 Å². The standard InChI is InChI=1S/C24H17Cl4N5OS/c1-14(20-11-8-18(27)12-21(20)28)29-30-22(34)13-35-24-32-31-23(15-2-4-16(25)5-3-15)33(24)19-9-6-17(26)7-10-19/h2-12H,13H2,1H3,(H,30,34)/b29-14+. The molecule has 0 radical (unpaired) electrons. The number of hydrazone groups is 1. The van der Waals surface area contributed by atoms with Gasteiger partial charge in [0.1, 0.15) is 0 Å². The Morgan fingerprint density at radius 2 is 1.54 bits per heavy atom. The van der Waals surface area contributed by atoms with Gasteiger partial charge in [0.05, 0.1) is 16.5 Å². The normalized spacial score (nSPS) is 11.5. The van der Waals surface area contributed by atoms with Crippen LogP contribution in [0.15, 0.2) is 77.0 Å². The lowest BCUT2D eigenvalue weighted by atomic mass is 10.1. The highest BCUT2D eigenvalue weighted by atomic mass is 35.5. The third kappa shape index (κ3) is 6.37. The van der Waals surface area contributed by atoms with Crippen LogP contribution in [0.25, 0.3) is 17.1 Å². The van der Waals surface area contributed by atoms with E-state index in [1.807, 2.05) is 28.8 Å². The van der Waals surface area contributed by atoms with Gasteiger partial charge in [-0.25, -0.2) is 5.43 Å². The number of carbonyl (C=O) groups excluding carboxylic acids is 1. The number of nitrogens with zero attached hydrogens (tertiary/aromatic N) is 4. The molecule has 0 saturated carbocycles. The van der Waals surface area contributed by atoms with Crippen molar-refractivity contribution in [3.63, 3.8) is 0 Å². The molecule has 4 aromatic rings. The van der Waals surface area contributed by atoms with Gasteiger partial charge in [0.15, 0.2) is 11.0 Å². The van der Waals surface area contributed by atoms with Gasteiger partial charge in [0, 0.05) is 31.9 Å². The molecule has 1 amide bonds. The minimum atomic E-state index is -0.307. The molecule has 0 spiro atoms. The van der Waals surface area contributed by atoms with Crippen LogP contribution in [0.3, 0.4) is 0 Å². The summed E-state index contributed by atoms with van der Waals surface area (Å²) in [6.07, 6.45) is 0. The molecule has 6 nitrogen and oxygen atoms in total. The predicted molar refractivity (Wildman–Crippen MR) is 144 cm³/mol. The fourth-order valence-corrected chi connectivity index (χ4v) is 4.67. The van der Waals surface area contributed by atoms with Crippen molar-refractivity contribution in [3.05, 3.63) is 92.4 Å². The molecule has 0 aliphatic rings. The molecule has 4 rings (SSSR count). The van der Waals surface area contributed by atoms with Gasteiger partial charge in [0.25, 0.3) is 5.91 Å². The lowest BCUT2D eigenvalue weighted by Crippen LogP contribution is -2.21. The van der Waals surface area contributed by atoms with Gasteiger partial charge in [-0.1, -0.05) is 64.2 Å². The molecule has 0 aliphatic heterocycles. The van der Waals surface area contributed by atoms with E-state index in [-0.39, 0.29) is 11.7 Å². The Morgan fingerprint density at radius 3 is 2.20 bits per heavy atom. The van der Waals surface area contributed by atoms with Crippen molar-refractivity contribution >= 4 is 69.8 Å². The van der Waals surface area contributed by atoms with Crippen molar-refractivity contribution < 1.29 is 4.79 Å². The van der Waals surface area contributed by atoms with Crippen LogP contribution in [0.4, 0.5) is 0 Å². The molecule has 35 heavy (non-hydrogen) atoms. The Hall–Kier alpha value is -2.55. The zero-order valence-corrected chi connectivity index (χ0v) is 22.0. The zero-order valence-electron chi connectivity index (χ0n) is 18.2. The number of thioether (sulfide) groups is 1. The summed E-state index contributed by atoms with van der Waals surface area (Å²) in [7, 11) is 0. The van der Waals surface area contributed by atoms with Crippen LogP contribution in [0.1, 0.15) is 12.5 Å². The van der Waals surface area contributed by atoms with Crippen LogP contribution in [0.5, 0.6) is 0 Å². The molecule has 1 heterocycles. The SMILES string of the molecule is C/C(=N\NC(=O)CSc1nnc(-c2ccc(Cl)cc2)n1-c1ccc(Cl)cc1)c1ccc(Cl)cc1Cl. The van der Waals surface area contributed by atoms with Crippen LogP contribution in [-0.4, -0.2) is 32.1 Å². The first kappa shape index (κ1) is 25.5. The van der Waals surface area contributed by atoms with Crippen molar-refractivity contribution in [2.75, 3.05) is 5.75 Å². The number of hydrogen-bond donors (Lipinski definition) is 1. The van der Waals surface area contributed by atoms with Crippen molar-refractivity contribution in [3.8, 4) is 17.1 Å². The Kier molecular flexibility index (Phi) is 8.36. The van der Waals surface area contributed by atoms with Gasteiger partial charge in [-0.3, -0.25) is 9.36 Å². The first-order chi connectivity index (χ1) is 16.8. The van der Waals surface area contributed by atoms with Gasteiger partial charge >= 0.3 is 0 Å². The lowest BCUT2D eigenvalue weighted by Gasteiger charge is -2.10. The maximum absolute atomic E-state index is 12.5. The number of hydrogen-bond acceptors (Lipinski definition) is 5. The van der Waals surface area contributed by atoms with Crippen molar-refractivity contribution in [1.29, 1.82) is 0 Å². The highest BCUT2D eigenvalue weighted by Gasteiger charge is 2.17. The van der Waals surface area contributed by atoms with Gasteiger partial charge < -0.3 is 0 Å². The summed E-state index contributed by atoms with van der Waals surface area (Å²) < 4.78 is 1.86. The summed E-state index contributed by atoms with van der Waals surface area (Å²) in [6, 6.07) is 19.6. The number of nitrogens with one attached hydrogen (secondary N) is 1. The molecule has 3 aromatic carbocycles. The Balaban J connectivity index is 1.53. The topological polar surface area (TPSA) is 72.2 Å². The van der Waals surface area contributed by atoms with Gasteiger partial charge in [-0.15, -0.1) is 10.2 Å². The molecule has 0 saturated heterocycles. The number of aromatic nitrogens is 3. The van der Waals surface area contributed by atoms with Crippen molar-refractivity contribution in [2.24, 2.45) is 5.10 Å². The smallest absolute Gasteiger partial charge is 0.250 e. The van der Waals surface area contributed by atoms with E-state index in [4.69, 9.17) is 46.4 Å². The Bertz CT molecular complexity index is 1390. The Morgan fingerprint density at radius 1 is 0.914 bits per heavy atom. The summed E-state index contributed by atoms with van der Waals surface area (Å²) in [5.74, 6) is 0.369. The first-order valence-corrected chi connectivity index (χ1v) is 12.7. The van der Waals surface area contributed by atoms with Crippen molar-refractivity contribution in [2.45, 2.75) is 12.1 Å². The number of rotatable bonds is 7. The number of benzene rings is 3. The minimum Gasteiger partial charge on any atom is -0.272 e. The maximum atomic E-state index is 12.5. The van der Waals surface area contributed by atoms with Crippen LogP contribution >= 0.6 is 58.2 Å². The van der Waals surface area contributed by atoms with Gasteiger partial charge in [-0.2, -0.15) is 5.10 Å². The molecule has 178 valence electrons. The first-order valence-electron chi connectivity index (χ1n) is 10.2. The molecule has 0 aliphatic carbocycles. The van der Waals surface area contributed by atoms with E-state index in [9.17, 15) is 4.79 Å². The molecule has 0 atom stereocenters. The fraction of sp³-hybridized carbons (Fsp3) is 0.0833. The second-order valence-corrected chi connectivity index (χ2v) is 9.93. The molecule has 0 fully saturated rings. The minimum absolute atomic E-state index is 0.0669. The number of amides is 1. The lowest BCUT2D eigenvalue weighted by molar-refractivity contribution is -0.118. The van der Waals surface area contributed by atoms with Crippen LogP contribution < -0.4 is 5.43 Å². The second kappa shape index (κ2) is 11.5. The fourth-order valence-electron chi connectivity index (χ4n) is 3.12. The van der Waals surface area contributed by atoms with E-state index in [1.54, 1.807) is 49.4 Å². The summed E-state index contributed by atoms with van der Waals surface area (Å²) in [4.78, 5) is 12.5. The highest BCUT2D eigenvalue weighted by molar-refractivity contribution is 7.99. The quantitative estimate of drug-likeness (QED) is 0.146. The van der Waals surface area contributed by atoms with Gasteiger partial charge in [-0.05, 0) is 67.6 Å². The predicted octanol–water partition coefficient (Wildman–Crippen LogP) is 7.18. The monoisotopic (exact) mass is 563 g/mol. The number of carbonyl (C=O) groups is 1. The maximum Gasteiger partial charge on any atom is 0.250 e. The third-order valence-electron chi connectivity index (χ3n) is 4.82. The average Bonchev–Trinajstić information content (AvgIpc) is 3.26. The van der Waals surface area contributed by atoms with E-state index in [1.165, 1.54) is 11.8 Å². The molecule has 0 bridgehead atoms. The second-order valence-electron chi connectivity index (χ2n) is 7.27. The summed E-state index contributed by atoms with van der Waals surface area (Å²) >= 11 is 25.5. The van der Waals surface area contributed by atoms with Gasteiger partial charge in [0.2, 0.25) is 0 Å². The largest absolute Gasteiger partial charge is 0.272 e. The van der Waals surface area contributed by atoms with Crippen LogP contribution in [0, 0.1) is 0 Å². The van der Waals surface area contributed by atoms with Crippen LogP contribution in [0.2, 0.25) is 20.1 Å². The zero-order chi connectivity index (χ0) is 24.9. The van der Waals surface area contributed by atoms with E-state index < -0.39 is 0 Å².